The topological polar surface area (TPSA) is 79.8 Å². The number of rotatable bonds is 5. The molecule has 10 heteroatoms. The lowest BCUT2D eigenvalue weighted by Gasteiger charge is -2.11. The number of alkyl halides is 3. The molecular formula is C20H18F3N5OS. The van der Waals surface area contributed by atoms with Gasteiger partial charge >= 0.3 is 6.18 Å². The minimum Gasteiger partial charge on any atom is -0.358 e. The van der Waals surface area contributed by atoms with Crippen LogP contribution in [0.4, 0.5) is 24.8 Å². The third kappa shape index (κ3) is 3.87. The molecule has 2 N–H and O–H groups in total. The van der Waals surface area contributed by atoms with E-state index in [0.717, 1.165) is 46.1 Å². The number of carbonyl (C=O) groups excluding carboxylic acids is 1. The summed E-state index contributed by atoms with van der Waals surface area (Å²) in [4.78, 5) is 25.0. The van der Waals surface area contributed by atoms with Crippen molar-refractivity contribution in [2.24, 2.45) is 0 Å². The number of aromatic nitrogens is 3. The van der Waals surface area contributed by atoms with Crippen LogP contribution in [0, 0.1) is 6.92 Å². The number of nitrogens with one attached hydrogen (secondary N) is 2. The molecule has 1 aromatic carbocycles. The van der Waals surface area contributed by atoms with Crippen LogP contribution in [0.15, 0.2) is 36.7 Å². The molecule has 4 rings (SSSR count). The third-order valence-electron chi connectivity index (χ3n) is 4.89. The fourth-order valence-electron chi connectivity index (χ4n) is 3.23. The molecule has 0 atom stereocenters. The average molecular weight is 433 g/mol. The highest BCUT2D eigenvalue weighted by atomic mass is 32.1. The number of amides is 1. The molecule has 1 aliphatic carbocycles. The summed E-state index contributed by atoms with van der Waals surface area (Å²) in [6, 6.07) is 6.37. The minimum atomic E-state index is -4.54. The van der Waals surface area contributed by atoms with E-state index >= 15 is 0 Å². The number of aryl methyl sites for hydroxylation is 1. The van der Waals surface area contributed by atoms with Gasteiger partial charge in [-0.2, -0.15) is 13.2 Å². The number of hydrogen-bond acceptors (Lipinski definition) is 6. The van der Waals surface area contributed by atoms with E-state index in [-0.39, 0.29) is 11.9 Å². The Bertz CT molecular complexity index is 1110. The SMILES string of the molecule is CNC(=O)C1(c2ncc(-c3cc(C)cc(Nc4nccc(C(F)(F)F)n4)c3)s2)CC1. The summed E-state index contributed by atoms with van der Waals surface area (Å²) in [5, 5.41) is 6.31. The lowest BCUT2D eigenvalue weighted by molar-refractivity contribution is -0.141. The summed E-state index contributed by atoms with van der Waals surface area (Å²) in [5.74, 6) is -0.167. The second kappa shape index (κ2) is 7.35. The van der Waals surface area contributed by atoms with Crippen LogP contribution < -0.4 is 10.6 Å². The van der Waals surface area contributed by atoms with Crippen LogP contribution >= 0.6 is 11.3 Å². The van der Waals surface area contributed by atoms with Gasteiger partial charge < -0.3 is 10.6 Å². The standard InChI is InChI=1S/C20H18F3N5OS/c1-11-7-12(14-10-26-17(30-14)19(4-5-19)16(29)24-2)9-13(8-11)27-18-25-6-3-15(28-18)20(21,22)23/h3,6-10H,4-5H2,1-2H3,(H,24,29)(H,25,27,28). The molecule has 0 radical (unpaired) electrons. The third-order valence-corrected chi connectivity index (χ3v) is 6.14. The molecule has 2 aromatic heterocycles. The highest BCUT2D eigenvalue weighted by molar-refractivity contribution is 7.15. The second-order valence-corrected chi connectivity index (χ2v) is 8.20. The van der Waals surface area contributed by atoms with E-state index in [2.05, 4.69) is 25.6 Å². The van der Waals surface area contributed by atoms with Crippen LogP contribution in [0.5, 0.6) is 0 Å². The Kier molecular flexibility index (Phi) is 4.97. The van der Waals surface area contributed by atoms with Gasteiger partial charge in [0.25, 0.3) is 0 Å². The molecule has 0 aliphatic heterocycles. The fourth-order valence-corrected chi connectivity index (χ4v) is 4.38. The first-order valence-corrected chi connectivity index (χ1v) is 10.0. The Hall–Kier alpha value is -3.01. The van der Waals surface area contributed by atoms with E-state index in [0.29, 0.717) is 5.69 Å². The summed E-state index contributed by atoms with van der Waals surface area (Å²) >= 11 is 1.45. The van der Waals surface area contributed by atoms with Gasteiger partial charge in [0, 0.05) is 25.1 Å². The highest BCUT2D eigenvalue weighted by Crippen LogP contribution is 2.50. The number of benzene rings is 1. The quantitative estimate of drug-likeness (QED) is 0.622. The zero-order valence-electron chi connectivity index (χ0n) is 16.2. The predicted molar refractivity (Wildman–Crippen MR) is 108 cm³/mol. The van der Waals surface area contributed by atoms with Gasteiger partial charge in [0.2, 0.25) is 11.9 Å². The monoisotopic (exact) mass is 433 g/mol. The van der Waals surface area contributed by atoms with Crippen LogP contribution in [0.2, 0.25) is 0 Å². The van der Waals surface area contributed by atoms with Gasteiger partial charge in [0.15, 0.2) is 0 Å². The number of halogens is 3. The molecule has 6 nitrogen and oxygen atoms in total. The number of thiazole rings is 1. The smallest absolute Gasteiger partial charge is 0.358 e. The Morgan fingerprint density at radius 1 is 1.20 bits per heavy atom. The number of hydrogen-bond donors (Lipinski definition) is 2. The van der Waals surface area contributed by atoms with Crippen LogP contribution in [0.25, 0.3) is 10.4 Å². The van der Waals surface area contributed by atoms with E-state index in [1.54, 1.807) is 25.4 Å². The van der Waals surface area contributed by atoms with Gasteiger partial charge in [-0.3, -0.25) is 4.79 Å². The zero-order chi connectivity index (χ0) is 21.5. The maximum Gasteiger partial charge on any atom is 0.433 e. The predicted octanol–water partition coefficient (Wildman–Crippen LogP) is 4.45. The van der Waals surface area contributed by atoms with Crippen molar-refractivity contribution >= 4 is 28.9 Å². The lowest BCUT2D eigenvalue weighted by atomic mass is 10.1. The number of likely N-dealkylation sites (N-methyl/N-ethyl adjacent to an activating group) is 1. The van der Waals surface area contributed by atoms with Gasteiger partial charge in [-0.15, -0.1) is 11.3 Å². The van der Waals surface area contributed by atoms with Crippen LogP contribution in [-0.2, 0) is 16.4 Å². The molecule has 1 saturated carbocycles. The van der Waals surface area contributed by atoms with Crippen molar-refractivity contribution in [1.82, 2.24) is 20.3 Å². The molecule has 0 saturated heterocycles. The molecule has 156 valence electrons. The maximum atomic E-state index is 12.9. The van der Waals surface area contributed by atoms with E-state index in [9.17, 15) is 18.0 Å². The Morgan fingerprint density at radius 3 is 2.63 bits per heavy atom. The molecule has 1 aliphatic rings. The maximum absolute atomic E-state index is 12.9. The first kappa shape index (κ1) is 20.3. The lowest BCUT2D eigenvalue weighted by Crippen LogP contribution is -2.31. The van der Waals surface area contributed by atoms with Crippen molar-refractivity contribution in [3.8, 4) is 10.4 Å². The Morgan fingerprint density at radius 2 is 1.97 bits per heavy atom. The normalized spacial score (nSPS) is 15.0. The molecule has 0 unspecified atom stereocenters. The van der Waals surface area contributed by atoms with Gasteiger partial charge in [-0.25, -0.2) is 15.0 Å². The van der Waals surface area contributed by atoms with Crippen molar-refractivity contribution in [3.05, 3.63) is 52.9 Å². The van der Waals surface area contributed by atoms with E-state index in [4.69, 9.17) is 0 Å². The molecule has 2 heterocycles. The highest BCUT2D eigenvalue weighted by Gasteiger charge is 2.53. The number of anilines is 2. The largest absolute Gasteiger partial charge is 0.433 e. The van der Waals surface area contributed by atoms with Gasteiger partial charge in [-0.05, 0) is 49.1 Å². The number of carbonyl (C=O) groups is 1. The van der Waals surface area contributed by atoms with E-state index in [1.807, 2.05) is 13.0 Å². The fraction of sp³-hybridized carbons (Fsp3) is 0.300. The molecule has 0 spiro atoms. The average Bonchev–Trinajstić information content (AvgIpc) is 3.35. The van der Waals surface area contributed by atoms with Gasteiger partial charge in [0.1, 0.15) is 16.1 Å². The second-order valence-electron chi connectivity index (χ2n) is 7.17. The molecule has 3 aromatic rings. The Labute approximate surface area is 174 Å². The van der Waals surface area contributed by atoms with Gasteiger partial charge in [0.05, 0.1) is 4.88 Å². The summed E-state index contributed by atoms with van der Waals surface area (Å²) in [6.45, 7) is 1.89. The Balaban J connectivity index is 1.62. The van der Waals surface area contributed by atoms with Crippen molar-refractivity contribution in [3.63, 3.8) is 0 Å². The summed E-state index contributed by atoms with van der Waals surface area (Å²) in [6.07, 6.45) is -0.208. The first-order valence-electron chi connectivity index (χ1n) is 9.19. The first-order chi connectivity index (χ1) is 14.2. The summed E-state index contributed by atoms with van der Waals surface area (Å²) < 4.78 is 38.7. The van der Waals surface area contributed by atoms with Gasteiger partial charge in [-0.1, -0.05) is 6.07 Å². The van der Waals surface area contributed by atoms with E-state index in [1.165, 1.54) is 11.3 Å². The molecule has 1 amide bonds. The van der Waals surface area contributed by atoms with Crippen LogP contribution in [0.3, 0.4) is 0 Å². The van der Waals surface area contributed by atoms with Crippen molar-refractivity contribution in [2.75, 3.05) is 12.4 Å². The molecule has 0 bridgehead atoms. The zero-order valence-corrected chi connectivity index (χ0v) is 17.0. The number of nitrogens with zero attached hydrogens (tertiary/aromatic N) is 3. The minimum absolute atomic E-state index is 0.0308. The van der Waals surface area contributed by atoms with Crippen molar-refractivity contribution in [2.45, 2.75) is 31.4 Å². The van der Waals surface area contributed by atoms with Crippen LogP contribution in [0.1, 0.15) is 29.1 Å². The van der Waals surface area contributed by atoms with Crippen molar-refractivity contribution < 1.29 is 18.0 Å². The molecular weight excluding hydrogens is 415 g/mol. The van der Waals surface area contributed by atoms with E-state index < -0.39 is 17.3 Å². The molecule has 30 heavy (non-hydrogen) atoms. The molecule has 1 fully saturated rings. The van der Waals surface area contributed by atoms with Crippen LogP contribution in [-0.4, -0.2) is 27.9 Å². The summed E-state index contributed by atoms with van der Waals surface area (Å²) in [7, 11) is 1.62. The van der Waals surface area contributed by atoms with Crippen molar-refractivity contribution in [1.29, 1.82) is 0 Å². The summed E-state index contributed by atoms with van der Waals surface area (Å²) in [5.41, 5.74) is 0.773.